The molecule has 17 heavy (non-hydrogen) atoms. The molecule has 0 aliphatic carbocycles. The largest absolute Gasteiger partial charge is 0.497 e. The number of anilines is 1. The molecule has 0 aromatic heterocycles. The molecule has 96 valence electrons. The summed E-state index contributed by atoms with van der Waals surface area (Å²) >= 11 is 0. The Hall–Kier alpha value is -1.22. The van der Waals surface area contributed by atoms with Gasteiger partial charge in [-0.3, -0.25) is 0 Å². The van der Waals surface area contributed by atoms with Crippen LogP contribution in [-0.2, 0) is 6.54 Å². The van der Waals surface area contributed by atoms with Crippen LogP contribution in [0.1, 0.15) is 32.3 Å². The Balaban J connectivity index is 3.04. The molecule has 0 atom stereocenters. The summed E-state index contributed by atoms with van der Waals surface area (Å²) in [5.41, 5.74) is 8.21. The van der Waals surface area contributed by atoms with Crippen molar-refractivity contribution in [1.29, 1.82) is 0 Å². The summed E-state index contributed by atoms with van der Waals surface area (Å²) in [4.78, 5) is 2.39. The van der Waals surface area contributed by atoms with Gasteiger partial charge in [-0.1, -0.05) is 19.9 Å². The predicted molar refractivity (Wildman–Crippen MR) is 73.7 cm³/mol. The van der Waals surface area contributed by atoms with Gasteiger partial charge in [0.05, 0.1) is 7.11 Å². The van der Waals surface area contributed by atoms with E-state index in [1.165, 1.54) is 11.3 Å². The van der Waals surface area contributed by atoms with Gasteiger partial charge in [-0.25, -0.2) is 0 Å². The number of rotatable bonds is 7. The van der Waals surface area contributed by atoms with Crippen LogP contribution in [0.5, 0.6) is 5.75 Å². The van der Waals surface area contributed by atoms with Gasteiger partial charge in [0.1, 0.15) is 5.75 Å². The van der Waals surface area contributed by atoms with E-state index in [1.807, 2.05) is 6.07 Å². The third kappa shape index (κ3) is 3.63. The van der Waals surface area contributed by atoms with E-state index in [1.54, 1.807) is 7.11 Å². The molecule has 1 aromatic rings. The standard InChI is InChI=1S/C14H24N2O/c1-4-8-16(9-5-2)14-10-13(17-3)7-6-12(14)11-15/h6-7,10H,4-5,8-9,11,15H2,1-3H3. The molecule has 0 amide bonds. The summed E-state index contributed by atoms with van der Waals surface area (Å²) in [5.74, 6) is 0.898. The van der Waals surface area contributed by atoms with Crippen LogP contribution >= 0.6 is 0 Å². The van der Waals surface area contributed by atoms with Crippen LogP contribution in [-0.4, -0.2) is 20.2 Å². The fourth-order valence-electron chi connectivity index (χ4n) is 2.03. The van der Waals surface area contributed by atoms with E-state index in [0.29, 0.717) is 6.54 Å². The highest BCUT2D eigenvalue weighted by molar-refractivity contribution is 5.57. The van der Waals surface area contributed by atoms with Gasteiger partial charge in [0.25, 0.3) is 0 Å². The zero-order chi connectivity index (χ0) is 12.7. The van der Waals surface area contributed by atoms with Gasteiger partial charge < -0.3 is 15.4 Å². The van der Waals surface area contributed by atoms with Gasteiger partial charge in [-0.2, -0.15) is 0 Å². The van der Waals surface area contributed by atoms with Gasteiger partial charge in [0.15, 0.2) is 0 Å². The first-order chi connectivity index (χ1) is 8.26. The molecule has 0 saturated heterocycles. The predicted octanol–water partition coefficient (Wildman–Crippen LogP) is 2.78. The average molecular weight is 236 g/mol. The van der Waals surface area contributed by atoms with Crippen LogP contribution in [0.3, 0.4) is 0 Å². The number of benzene rings is 1. The summed E-state index contributed by atoms with van der Waals surface area (Å²) in [6, 6.07) is 6.13. The van der Waals surface area contributed by atoms with E-state index in [4.69, 9.17) is 10.5 Å². The molecular weight excluding hydrogens is 212 g/mol. The SMILES string of the molecule is CCCN(CCC)c1cc(OC)ccc1CN. The van der Waals surface area contributed by atoms with Crippen molar-refractivity contribution in [3.8, 4) is 5.75 Å². The number of methoxy groups -OCH3 is 1. The maximum atomic E-state index is 5.80. The number of hydrogen-bond acceptors (Lipinski definition) is 3. The quantitative estimate of drug-likeness (QED) is 0.791. The molecule has 0 bridgehead atoms. The smallest absolute Gasteiger partial charge is 0.120 e. The van der Waals surface area contributed by atoms with Crippen LogP contribution in [0.25, 0.3) is 0 Å². The van der Waals surface area contributed by atoms with Crippen LogP contribution in [0, 0.1) is 0 Å². The summed E-state index contributed by atoms with van der Waals surface area (Å²) in [6.45, 7) is 7.10. The number of nitrogens with zero attached hydrogens (tertiary/aromatic N) is 1. The molecule has 1 aromatic carbocycles. The Bertz CT molecular complexity index is 333. The van der Waals surface area contributed by atoms with Gasteiger partial charge >= 0.3 is 0 Å². The lowest BCUT2D eigenvalue weighted by molar-refractivity contribution is 0.414. The molecule has 0 aliphatic rings. The van der Waals surface area contributed by atoms with Crippen LogP contribution in [0.2, 0.25) is 0 Å². The Morgan fingerprint density at radius 3 is 2.29 bits per heavy atom. The number of ether oxygens (including phenoxy) is 1. The van der Waals surface area contributed by atoms with Crippen LogP contribution in [0.4, 0.5) is 5.69 Å². The van der Waals surface area contributed by atoms with Gasteiger partial charge in [-0.05, 0) is 24.5 Å². The van der Waals surface area contributed by atoms with Gasteiger partial charge in [0.2, 0.25) is 0 Å². The highest BCUT2D eigenvalue weighted by Crippen LogP contribution is 2.26. The lowest BCUT2D eigenvalue weighted by Gasteiger charge is -2.26. The second-order valence-corrected chi connectivity index (χ2v) is 4.19. The molecule has 1 rings (SSSR count). The van der Waals surface area contributed by atoms with Crippen LogP contribution in [0.15, 0.2) is 18.2 Å². The minimum atomic E-state index is 0.573. The number of nitrogens with two attached hydrogens (primary N) is 1. The maximum absolute atomic E-state index is 5.80. The molecule has 2 N–H and O–H groups in total. The topological polar surface area (TPSA) is 38.5 Å². The van der Waals surface area contributed by atoms with Gasteiger partial charge in [-0.15, -0.1) is 0 Å². The van der Waals surface area contributed by atoms with E-state index >= 15 is 0 Å². The Labute approximate surface area is 105 Å². The zero-order valence-electron chi connectivity index (χ0n) is 11.2. The molecule has 0 heterocycles. The lowest BCUT2D eigenvalue weighted by Crippen LogP contribution is -2.26. The number of hydrogen-bond donors (Lipinski definition) is 1. The molecule has 0 saturated carbocycles. The minimum absolute atomic E-state index is 0.573. The molecule has 0 aliphatic heterocycles. The van der Waals surface area contributed by atoms with E-state index in [0.717, 1.165) is 31.7 Å². The molecule has 0 spiro atoms. The van der Waals surface area contributed by atoms with Crippen molar-refractivity contribution in [2.24, 2.45) is 5.73 Å². The van der Waals surface area contributed by atoms with E-state index in [-0.39, 0.29) is 0 Å². The second kappa shape index (κ2) is 7.17. The molecular formula is C14H24N2O. The lowest BCUT2D eigenvalue weighted by atomic mass is 10.1. The fraction of sp³-hybridized carbons (Fsp3) is 0.571. The second-order valence-electron chi connectivity index (χ2n) is 4.19. The van der Waals surface area contributed by atoms with Crippen molar-refractivity contribution in [2.75, 3.05) is 25.1 Å². The zero-order valence-corrected chi connectivity index (χ0v) is 11.2. The highest BCUT2D eigenvalue weighted by Gasteiger charge is 2.10. The van der Waals surface area contributed by atoms with Crippen LogP contribution < -0.4 is 15.4 Å². The molecule has 0 fully saturated rings. The van der Waals surface area contributed by atoms with Crippen molar-refractivity contribution < 1.29 is 4.74 Å². The molecule has 3 nitrogen and oxygen atoms in total. The minimum Gasteiger partial charge on any atom is -0.497 e. The summed E-state index contributed by atoms with van der Waals surface area (Å²) in [6.07, 6.45) is 2.28. The third-order valence-corrected chi connectivity index (χ3v) is 2.84. The summed E-state index contributed by atoms with van der Waals surface area (Å²) in [7, 11) is 1.70. The van der Waals surface area contributed by atoms with Crippen molar-refractivity contribution in [2.45, 2.75) is 33.2 Å². The first-order valence-electron chi connectivity index (χ1n) is 6.38. The first-order valence-corrected chi connectivity index (χ1v) is 6.38. The van der Waals surface area contributed by atoms with Crippen molar-refractivity contribution in [1.82, 2.24) is 0 Å². The highest BCUT2D eigenvalue weighted by atomic mass is 16.5. The molecule has 3 heteroatoms. The van der Waals surface area contributed by atoms with Crippen molar-refractivity contribution in [3.05, 3.63) is 23.8 Å². The maximum Gasteiger partial charge on any atom is 0.120 e. The molecule has 0 radical (unpaired) electrons. The Morgan fingerprint density at radius 2 is 1.82 bits per heavy atom. The van der Waals surface area contributed by atoms with Gasteiger partial charge in [0, 0.05) is 31.4 Å². The fourth-order valence-corrected chi connectivity index (χ4v) is 2.03. The Kier molecular flexibility index (Phi) is 5.84. The third-order valence-electron chi connectivity index (χ3n) is 2.84. The average Bonchev–Trinajstić information content (AvgIpc) is 2.37. The van der Waals surface area contributed by atoms with E-state index in [9.17, 15) is 0 Å². The van der Waals surface area contributed by atoms with E-state index in [2.05, 4.69) is 30.9 Å². The first kappa shape index (κ1) is 13.8. The molecule has 0 unspecified atom stereocenters. The van der Waals surface area contributed by atoms with Crippen molar-refractivity contribution >= 4 is 5.69 Å². The summed E-state index contributed by atoms with van der Waals surface area (Å²) < 4.78 is 5.29. The van der Waals surface area contributed by atoms with Crippen molar-refractivity contribution in [3.63, 3.8) is 0 Å². The van der Waals surface area contributed by atoms with E-state index < -0.39 is 0 Å². The Morgan fingerprint density at radius 1 is 1.18 bits per heavy atom. The monoisotopic (exact) mass is 236 g/mol. The summed E-state index contributed by atoms with van der Waals surface area (Å²) in [5, 5.41) is 0. The normalized spacial score (nSPS) is 10.4.